The van der Waals surface area contributed by atoms with Gasteiger partial charge in [-0.05, 0) is 85.4 Å². The highest BCUT2D eigenvalue weighted by Crippen LogP contribution is 2.43. The SMILES string of the molecule is Cc1cc2c3ccc(C)c(C)c3n3c4cc(CC5CCCC5)cc5cc[n+](C)c(c(c1C)c23)c54. The molecule has 7 rings (SSSR count). The lowest BCUT2D eigenvalue weighted by molar-refractivity contribution is -0.643. The first-order chi connectivity index (χ1) is 16.4. The van der Waals surface area contributed by atoms with E-state index in [9.17, 15) is 0 Å². The summed E-state index contributed by atoms with van der Waals surface area (Å²) in [4.78, 5) is 0. The van der Waals surface area contributed by atoms with Crippen LogP contribution >= 0.6 is 0 Å². The first-order valence-electron chi connectivity index (χ1n) is 12.9. The number of nitrogens with zero attached hydrogens (tertiary/aromatic N) is 2. The molecule has 1 saturated carbocycles. The van der Waals surface area contributed by atoms with Gasteiger partial charge in [0, 0.05) is 16.8 Å². The van der Waals surface area contributed by atoms with Crippen molar-refractivity contribution in [2.24, 2.45) is 13.0 Å². The highest BCUT2D eigenvalue weighted by atomic mass is 15.0. The number of hydrogen-bond acceptors (Lipinski definition) is 0. The standard InChI is InChI=1S/C32H33N2/c1-18-10-11-25-26-14-19(2)20(3)28-31(26)34(30(25)21(18)4)27-17-23(15-22-8-6-7-9-22)16-24-12-13-33(5)32(28)29(24)27/h10-14,16-17,22H,6-9,15H2,1-5H3/q+1. The fraction of sp³-hybridized carbons (Fsp3) is 0.344. The molecule has 2 heteroatoms. The van der Waals surface area contributed by atoms with E-state index >= 15 is 0 Å². The van der Waals surface area contributed by atoms with E-state index in [1.54, 1.807) is 0 Å². The van der Waals surface area contributed by atoms with E-state index in [4.69, 9.17) is 0 Å². The summed E-state index contributed by atoms with van der Waals surface area (Å²) in [5.41, 5.74) is 12.6. The van der Waals surface area contributed by atoms with E-state index in [0.717, 1.165) is 5.92 Å². The van der Waals surface area contributed by atoms with Crippen LogP contribution < -0.4 is 4.57 Å². The Balaban J connectivity index is 1.77. The Hall–Kier alpha value is -3.13. The van der Waals surface area contributed by atoms with Gasteiger partial charge < -0.3 is 4.40 Å². The van der Waals surface area contributed by atoms with Gasteiger partial charge in [-0.1, -0.05) is 43.9 Å². The number of rotatable bonds is 2. The van der Waals surface area contributed by atoms with E-state index in [-0.39, 0.29) is 0 Å². The third-order valence-corrected chi connectivity index (χ3v) is 9.01. The van der Waals surface area contributed by atoms with Crippen LogP contribution in [0.3, 0.4) is 0 Å². The second-order valence-corrected chi connectivity index (χ2v) is 11.0. The molecule has 0 unspecified atom stereocenters. The largest absolute Gasteiger partial charge is 0.307 e. The molecule has 6 aromatic rings. The summed E-state index contributed by atoms with van der Waals surface area (Å²) in [5, 5.41) is 6.96. The molecule has 2 nitrogen and oxygen atoms in total. The van der Waals surface area contributed by atoms with Crippen molar-refractivity contribution in [1.29, 1.82) is 0 Å². The van der Waals surface area contributed by atoms with Crippen LogP contribution in [0.5, 0.6) is 0 Å². The minimum atomic E-state index is 0.843. The number of aromatic nitrogens is 2. The molecule has 0 spiro atoms. The maximum atomic E-state index is 2.63. The number of pyridine rings is 2. The van der Waals surface area contributed by atoms with Crippen LogP contribution in [0, 0.1) is 33.6 Å². The van der Waals surface area contributed by atoms with Gasteiger partial charge in [0.05, 0.1) is 27.3 Å². The van der Waals surface area contributed by atoms with Gasteiger partial charge in [-0.2, -0.15) is 0 Å². The third kappa shape index (κ3) is 2.54. The van der Waals surface area contributed by atoms with E-state index in [2.05, 4.69) is 86.3 Å². The van der Waals surface area contributed by atoms with E-state index < -0.39 is 0 Å². The van der Waals surface area contributed by atoms with Gasteiger partial charge in [0.2, 0.25) is 5.52 Å². The molecule has 0 bridgehead atoms. The topological polar surface area (TPSA) is 8.29 Å². The molecule has 3 aromatic heterocycles. The molecule has 1 aliphatic carbocycles. The summed E-state index contributed by atoms with van der Waals surface area (Å²) in [5.74, 6) is 0.843. The van der Waals surface area contributed by atoms with Crippen LogP contribution in [-0.2, 0) is 13.5 Å². The zero-order chi connectivity index (χ0) is 23.3. The summed E-state index contributed by atoms with van der Waals surface area (Å²) in [7, 11) is 2.21. The quantitative estimate of drug-likeness (QED) is 0.146. The molecule has 34 heavy (non-hydrogen) atoms. The Morgan fingerprint density at radius 3 is 2.41 bits per heavy atom. The highest BCUT2D eigenvalue weighted by molar-refractivity contribution is 6.26. The van der Waals surface area contributed by atoms with Crippen LogP contribution in [-0.4, -0.2) is 4.40 Å². The van der Waals surface area contributed by atoms with Crippen molar-refractivity contribution >= 4 is 49.0 Å². The highest BCUT2D eigenvalue weighted by Gasteiger charge is 2.26. The molecule has 1 fully saturated rings. The molecule has 1 aliphatic rings. The summed E-state index contributed by atoms with van der Waals surface area (Å²) < 4.78 is 4.98. The lowest BCUT2D eigenvalue weighted by atomic mass is 9.93. The van der Waals surface area contributed by atoms with E-state index in [0.29, 0.717) is 0 Å². The molecule has 0 saturated heterocycles. The average molecular weight is 446 g/mol. The minimum absolute atomic E-state index is 0.843. The predicted molar refractivity (Wildman–Crippen MR) is 144 cm³/mol. The molecule has 0 aliphatic heterocycles. The Kier molecular flexibility index (Phi) is 4.14. The van der Waals surface area contributed by atoms with E-state index in [1.165, 1.54) is 109 Å². The van der Waals surface area contributed by atoms with Gasteiger partial charge in [-0.25, -0.2) is 4.57 Å². The first-order valence-corrected chi connectivity index (χ1v) is 12.9. The molecule has 0 radical (unpaired) electrons. The van der Waals surface area contributed by atoms with Gasteiger partial charge in [0.15, 0.2) is 6.20 Å². The van der Waals surface area contributed by atoms with Gasteiger partial charge >= 0.3 is 0 Å². The van der Waals surface area contributed by atoms with Crippen LogP contribution in [0.25, 0.3) is 49.0 Å². The molecule has 3 aromatic carbocycles. The first kappa shape index (κ1) is 20.3. The summed E-state index contributed by atoms with van der Waals surface area (Å²) >= 11 is 0. The lowest BCUT2D eigenvalue weighted by Crippen LogP contribution is -2.29. The van der Waals surface area contributed by atoms with Crippen molar-refractivity contribution in [2.75, 3.05) is 0 Å². The smallest absolute Gasteiger partial charge is 0.224 e. The number of aryl methyl sites for hydroxylation is 5. The third-order valence-electron chi connectivity index (χ3n) is 9.01. The molecule has 3 heterocycles. The normalized spacial score (nSPS) is 15.3. The van der Waals surface area contributed by atoms with Crippen molar-refractivity contribution in [2.45, 2.75) is 59.8 Å². The fourth-order valence-electron chi connectivity index (χ4n) is 6.97. The molecular weight excluding hydrogens is 412 g/mol. The molecular formula is C32H33N2+. The summed E-state index contributed by atoms with van der Waals surface area (Å²) in [6.45, 7) is 9.14. The molecule has 0 N–H and O–H groups in total. The van der Waals surface area contributed by atoms with Crippen LogP contribution in [0.2, 0.25) is 0 Å². The van der Waals surface area contributed by atoms with Crippen molar-refractivity contribution in [3.63, 3.8) is 0 Å². The Labute approximate surface area is 201 Å². The average Bonchev–Trinajstić information content (AvgIpc) is 3.44. The Morgan fingerprint density at radius 2 is 1.62 bits per heavy atom. The molecule has 0 amide bonds. The van der Waals surface area contributed by atoms with E-state index in [1.807, 2.05) is 0 Å². The minimum Gasteiger partial charge on any atom is -0.307 e. The summed E-state index contributed by atoms with van der Waals surface area (Å²) in [6.07, 6.45) is 9.05. The number of benzene rings is 3. The fourth-order valence-corrected chi connectivity index (χ4v) is 6.97. The van der Waals surface area contributed by atoms with Crippen molar-refractivity contribution in [3.8, 4) is 0 Å². The second kappa shape index (κ2) is 6.95. The maximum Gasteiger partial charge on any atom is 0.224 e. The van der Waals surface area contributed by atoms with Crippen molar-refractivity contribution < 1.29 is 4.57 Å². The van der Waals surface area contributed by atoms with Gasteiger partial charge in [0.1, 0.15) is 7.05 Å². The van der Waals surface area contributed by atoms with Crippen LogP contribution in [0.15, 0.2) is 42.6 Å². The zero-order valence-electron chi connectivity index (χ0n) is 21.0. The lowest BCUT2D eigenvalue weighted by Gasteiger charge is -2.17. The number of hydrogen-bond donors (Lipinski definition) is 0. The van der Waals surface area contributed by atoms with Crippen molar-refractivity contribution in [3.05, 3.63) is 70.4 Å². The second-order valence-electron chi connectivity index (χ2n) is 11.0. The number of fused-ring (bicyclic) bond motifs is 5. The maximum absolute atomic E-state index is 2.63. The van der Waals surface area contributed by atoms with Crippen LogP contribution in [0.4, 0.5) is 0 Å². The van der Waals surface area contributed by atoms with Crippen LogP contribution in [0.1, 0.15) is 53.5 Å². The van der Waals surface area contributed by atoms with Gasteiger partial charge in [-0.15, -0.1) is 0 Å². The predicted octanol–water partition coefficient (Wildman–Crippen LogP) is 7.78. The summed E-state index contributed by atoms with van der Waals surface area (Å²) in [6, 6.07) is 14.4. The van der Waals surface area contributed by atoms with Gasteiger partial charge in [-0.3, -0.25) is 0 Å². The van der Waals surface area contributed by atoms with Gasteiger partial charge in [0.25, 0.3) is 0 Å². The zero-order valence-corrected chi connectivity index (χ0v) is 21.0. The monoisotopic (exact) mass is 445 g/mol. The Morgan fingerprint density at radius 1 is 0.824 bits per heavy atom. The molecule has 170 valence electrons. The Bertz CT molecular complexity index is 1780. The van der Waals surface area contributed by atoms with Crippen molar-refractivity contribution in [1.82, 2.24) is 4.40 Å². The molecule has 0 atom stereocenters.